The van der Waals surface area contributed by atoms with Crippen LogP contribution in [0.1, 0.15) is 33.1 Å². The van der Waals surface area contributed by atoms with Gasteiger partial charge in [-0.25, -0.2) is 0 Å². The van der Waals surface area contributed by atoms with Crippen molar-refractivity contribution in [3.05, 3.63) is 0 Å². The van der Waals surface area contributed by atoms with Crippen LogP contribution >= 0.6 is 11.8 Å². The first-order valence-electron chi connectivity index (χ1n) is 5.41. The summed E-state index contributed by atoms with van der Waals surface area (Å²) in [5.74, 6) is 1.21. The first-order valence-corrected chi connectivity index (χ1v) is 6.81. The van der Waals surface area contributed by atoms with Gasteiger partial charge in [-0.2, -0.15) is 11.8 Å². The Bertz CT molecular complexity index is 185. The fraction of sp³-hybridized carbons (Fsp3) is 0.909. The van der Waals surface area contributed by atoms with Crippen molar-refractivity contribution in [3.8, 4) is 0 Å². The average Bonchev–Trinajstić information content (AvgIpc) is 2.21. The van der Waals surface area contributed by atoms with E-state index in [1.807, 2.05) is 7.05 Å². The van der Waals surface area contributed by atoms with E-state index in [1.165, 1.54) is 0 Å². The van der Waals surface area contributed by atoms with Crippen LogP contribution in [0.5, 0.6) is 0 Å². The Morgan fingerprint density at radius 1 is 1.40 bits per heavy atom. The Hall–Kier alpha value is -0.220. The van der Waals surface area contributed by atoms with Crippen molar-refractivity contribution in [1.29, 1.82) is 0 Å². The van der Waals surface area contributed by atoms with Gasteiger partial charge >= 0.3 is 0 Å². The predicted molar refractivity (Wildman–Crippen MR) is 66.1 cm³/mol. The third kappa shape index (κ3) is 6.79. The molecule has 0 aliphatic heterocycles. The quantitative estimate of drug-likeness (QED) is 0.728. The highest BCUT2D eigenvalue weighted by molar-refractivity contribution is 7.98. The molecule has 1 amide bonds. The van der Waals surface area contributed by atoms with Crippen molar-refractivity contribution in [3.63, 3.8) is 0 Å². The molecule has 15 heavy (non-hydrogen) atoms. The van der Waals surface area contributed by atoms with Crippen LogP contribution in [0.15, 0.2) is 0 Å². The SMILES string of the molecule is CSCCC(C)N(C)C(=O)CCC(C)O. The zero-order valence-corrected chi connectivity index (χ0v) is 11.0. The van der Waals surface area contributed by atoms with E-state index in [0.717, 1.165) is 12.2 Å². The van der Waals surface area contributed by atoms with Crippen molar-refractivity contribution in [2.75, 3.05) is 19.1 Å². The van der Waals surface area contributed by atoms with Gasteiger partial charge in [-0.1, -0.05) is 0 Å². The molecule has 0 aliphatic carbocycles. The molecule has 2 unspecified atom stereocenters. The number of amides is 1. The molecule has 4 heteroatoms. The first-order chi connectivity index (χ1) is 6.99. The van der Waals surface area contributed by atoms with Crippen LogP contribution in [0.4, 0.5) is 0 Å². The second-order valence-corrected chi connectivity index (χ2v) is 5.01. The lowest BCUT2D eigenvalue weighted by Gasteiger charge is -2.25. The van der Waals surface area contributed by atoms with E-state index in [-0.39, 0.29) is 12.0 Å². The van der Waals surface area contributed by atoms with Crippen molar-refractivity contribution < 1.29 is 9.90 Å². The van der Waals surface area contributed by atoms with Crippen molar-refractivity contribution in [2.45, 2.75) is 45.3 Å². The molecule has 2 atom stereocenters. The molecule has 0 spiro atoms. The molecule has 0 rings (SSSR count). The summed E-state index contributed by atoms with van der Waals surface area (Å²) in [4.78, 5) is 13.5. The van der Waals surface area contributed by atoms with E-state index in [2.05, 4.69) is 13.2 Å². The minimum Gasteiger partial charge on any atom is -0.393 e. The molecule has 0 heterocycles. The summed E-state index contributed by atoms with van der Waals surface area (Å²) >= 11 is 1.80. The molecule has 0 radical (unpaired) electrons. The number of hydrogen-bond donors (Lipinski definition) is 1. The largest absolute Gasteiger partial charge is 0.393 e. The number of aliphatic hydroxyl groups excluding tert-OH is 1. The maximum atomic E-state index is 11.7. The molecular weight excluding hydrogens is 210 g/mol. The van der Waals surface area contributed by atoms with Crippen molar-refractivity contribution in [2.24, 2.45) is 0 Å². The number of carbonyl (C=O) groups is 1. The average molecular weight is 233 g/mol. The van der Waals surface area contributed by atoms with E-state index in [0.29, 0.717) is 18.9 Å². The normalized spacial score (nSPS) is 14.7. The smallest absolute Gasteiger partial charge is 0.222 e. The summed E-state index contributed by atoms with van der Waals surface area (Å²) in [5, 5.41) is 9.09. The van der Waals surface area contributed by atoms with Gasteiger partial charge in [0.05, 0.1) is 6.10 Å². The predicted octanol–water partition coefficient (Wildman–Crippen LogP) is 1.75. The first kappa shape index (κ1) is 14.8. The molecule has 1 N–H and O–H groups in total. The summed E-state index contributed by atoms with van der Waals surface area (Å²) in [6, 6.07) is 0.291. The standard InChI is InChI=1S/C11H23NO2S/c1-9(7-8-15-4)12(3)11(14)6-5-10(2)13/h9-10,13H,5-8H2,1-4H3. The molecule has 0 aromatic carbocycles. The van der Waals surface area contributed by atoms with Crippen LogP contribution in [-0.2, 0) is 4.79 Å². The minimum atomic E-state index is -0.385. The highest BCUT2D eigenvalue weighted by Crippen LogP contribution is 2.08. The lowest BCUT2D eigenvalue weighted by Crippen LogP contribution is -2.35. The van der Waals surface area contributed by atoms with Crippen LogP contribution < -0.4 is 0 Å². The van der Waals surface area contributed by atoms with E-state index in [9.17, 15) is 4.79 Å². The molecule has 0 aromatic rings. The number of hydrogen-bond acceptors (Lipinski definition) is 3. The van der Waals surface area contributed by atoms with Gasteiger partial charge in [0.2, 0.25) is 5.91 Å². The molecule has 0 fully saturated rings. The number of carbonyl (C=O) groups excluding carboxylic acids is 1. The minimum absolute atomic E-state index is 0.129. The molecular formula is C11H23NO2S. The molecule has 0 saturated carbocycles. The van der Waals surface area contributed by atoms with Gasteiger partial charge in [0, 0.05) is 19.5 Å². The summed E-state index contributed by atoms with van der Waals surface area (Å²) in [5.41, 5.74) is 0. The van der Waals surface area contributed by atoms with E-state index >= 15 is 0 Å². The summed E-state index contributed by atoms with van der Waals surface area (Å²) < 4.78 is 0. The highest BCUT2D eigenvalue weighted by atomic mass is 32.2. The Kier molecular flexibility index (Phi) is 7.88. The maximum Gasteiger partial charge on any atom is 0.222 e. The molecule has 90 valence electrons. The fourth-order valence-corrected chi connectivity index (χ4v) is 1.81. The Balaban J connectivity index is 3.85. The number of aliphatic hydroxyl groups is 1. The Morgan fingerprint density at radius 3 is 2.47 bits per heavy atom. The Morgan fingerprint density at radius 2 is 2.00 bits per heavy atom. The zero-order chi connectivity index (χ0) is 11.8. The number of rotatable bonds is 7. The number of thioether (sulfide) groups is 1. The summed E-state index contributed by atoms with van der Waals surface area (Å²) in [7, 11) is 1.84. The molecule has 3 nitrogen and oxygen atoms in total. The van der Waals surface area contributed by atoms with Crippen LogP contribution in [0.3, 0.4) is 0 Å². The van der Waals surface area contributed by atoms with Gasteiger partial charge in [0.1, 0.15) is 0 Å². The second-order valence-electron chi connectivity index (χ2n) is 4.02. The highest BCUT2D eigenvalue weighted by Gasteiger charge is 2.15. The molecule has 0 aromatic heterocycles. The third-order valence-corrected chi connectivity index (χ3v) is 3.21. The van der Waals surface area contributed by atoms with Gasteiger partial charge in [0.25, 0.3) is 0 Å². The van der Waals surface area contributed by atoms with Crippen LogP contribution in [0.25, 0.3) is 0 Å². The van der Waals surface area contributed by atoms with Gasteiger partial charge in [-0.15, -0.1) is 0 Å². The van der Waals surface area contributed by atoms with E-state index in [1.54, 1.807) is 23.6 Å². The van der Waals surface area contributed by atoms with E-state index < -0.39 is 0 Å². The number of nitrogens with zero attached hydrogens (tertiary/aromatic N) is 1. The fourth-order valence-electron chi connectivity index (χ4n) is 1.24. The molecule has 0 bridgehead atoms. The summed E-state index contributed by atoms with van der Waals surface area (Å²) in [6.07, 6.45) is 3.71. The topological polar surface area (TPSA) is 40.5 Å². The van der Waals surface area contributed by atoms with Crippen LogP contribution in [0.2, 0.25) is 0 Å². The van der Waals surface area contributed by atoms with E-state index in [4.69, 9.17) is 5.11 Å². The van der Waals surface area contributed by atoms with Crippen LogP contribution in [0, 0.1) is 0 Å². The molecule has 0 saturated heterocycles. The Labute approximate surface area is 97.2 Å². The lowest BCUT2D eigenvalue weighted by molar-refractivity contribution is -0.132. The second kappa shape index (κ2) is 7.99. The molecule has 0 aliphatic rings. The lowest BCUT2D eigenvalue weighted by atomic mass is 10.1. The monoisotopic (exact) mass is 233 g/mol. The zero-order valence-electron chi connectivity index (χ0n) is 10.2. The van der Waals surface area contributed by atoms with Crippen molar-refractivity contribution in [1.82, 2.24) is 4.90 Å². The van der Waals surface area contributed by atoms with Gasteiger partial charge < -0.3 is 10.0 Å². The third-order valence-electron chi connectivity index (χ3n) is 2.57. The van der Waals surface area contributed by atoms with Gasteiger partial charge in [-0.3, -0.25) is 4.79 Å². The van der Waals surface area contributed by atoms with Gasteiger partial charge in [-0.05, 0) is 38.7 Å². The maximum absolute atomic E-state index is 11.7. The van der Waals surface area contributed by atoms with Crippen molar-refractivity contribution >= 4 is 17.7 Å². The van der Waals surface area contributed by atoms with Gasteiger partial charge in [0.15, 0.2) is 0 Å². The van der Waals surface area contributed by atoms with Crippen LogP contribution in [-0.4, -0.2) is 47.1 Å². The summed E-state index contributed by atoms with van der Waals surface area (Å²) in [6.45, 7) is 3.78.